The highest BCUT2D eigenvalue weighted by atomic mass is 35.5. The largest absolute Gasteiger partial charge is 0.305 e. The summed E-state index contributed by atoms with van der Waals surface area (Å²) in [6.45, 7) is 2.05. The molecule has 0 aliphatic carbocycles. The van der Waals surface area contributed by atoms with Gasteiger partial charge in [0.1, 0.15) is 5.15 Å². The molecule has 5 nitrogen and oxygen atoms in total. The predicted molar refractivity (Wildman–Crippen MR) is 74.4 cm³/mol. The van der Waals surface area contributed by atoms with Gasteiger partial charge in [0.15, 0.2) is 5.82 Å². The lowest BCUT2D eigenvalue weighted by Gasteiger charge is -2.05. The third-order valence-corrected chi connectivity index (χ3v) is 2.76. The molecule has 2 rings (SSSR count). The van der Waals surface area contributed by atoms with Crippen molar-refractivity contribution in [2.75, 3.05) is 5.32 Å². The van der Waals surface area contributed by atoms with Crippen LogP contribution in [-0.2, 0) is 13.5 Å². The number of nitrogens with zero attached hydrogens (tertiary/aromatic N) is 3. The number of pyridine rings is 1. The number of carbonyl (C=O) groups excluding carboxylic acids is 1. The van der Waals surface area contributed by atoms with Gasteiger partial charge in [0, 0.05) is 30.6 Å². The van der Waals surface area contributed by atoms with Gasteiger partial charge in [-0.25, -0.2) is 4.98 Å². The lowest BCUT2D eigenvalue weighted by Crippen LogP contribution is -2.13. The van der Waals surface area contributed by atoms with Gasteiger partial charge < -0.3 is 5.32 Å². The molecule has 1 N–H and O–H groups in total. The molecular formula is C13H15ClN4O. The summed E-state index contributed by atoms with van der Waals surface area (Å²) in [5.41, 5.74) is 1.32. The fraction of sp³-hybridized carbons (Fsp3) is 0.308. The average molecular weight is 279 g/mol. The predicted octanol–water partition coefficient (Wildman–Crippen LogP) is 2.67. The van der Waals surface area contributed by atoms with Crippen LogP contribution in [0.5, 0.6) is 0 Å². The fourth-order valence-corrected chi connectivity index (χ4v) is 1.96. The molecular weight excluding hydrogens is 264 g/mol. The molecule has 1 amide bonds. The minimum absolute atomic E-state index is 0.236. The molecule has 2 aromatic heterocycles. The molecule has 2 heterocycles. The summed E-state index contributed by atoms with van der Waals surface area (Å²) < 4.78 is 1.62. The Labute approximate surface area is 116 Å². The van der Waals surface area contributed by atoms with Gasteiger partial charge in [0.25, 0.3) is 5.91 Å². The van der Waals surface area contributed by atoms with Crippen LogP contribution in [0.2, 0.25) is 5.15 Å². The van der Waals surface area contributed by atoms with E-state index in [-0.39, 0.29) is 5.91 Å². The van der Waals surface area contributed by atoms with Gasteiger partial charge in [0.05, 0.1) is 0 Å². The quantitative estimate of drug-likeness (QED) is 0.875. The second-order valence-electron chi connectivity index (χ2n) is 4.25. The van der Waals surface area contributed by atoms with Crippen LogP contribution in [0.25, 0.3) is 0 Å². The van der Waals surface area contributed by atoms with Crippen molar-refractivity contribution in [2.45, 2.75) is 19.8 Å². The fourth-order valence-electron chi connectivity index (χ4n) is 1.74. The van der Waals surface area contributed by atoms with Crippen LogP contribution in [0, 0.1) is 0 Å². The van der Waals surface area contributed by atoms with E-state index in [0.29, 0.717) is 16.5 Å². The van der Waals surface area contributed by atoms with E-state index < -0.39 is 0 Å². The van der Waals surface area contributed by atoms with Gasteiger partial charge in [-0.15, -0.1) is 0 Å². The van der Waals surface area contributed by atoms with Crippen LogP contribution in [-0.4, -0.2) is 20.7 Å². The highest BCUT2D eigenvalue weighted by Crippen LogP contribution is 2.14. The van der Waals surface area contributed by atoms with Gasteiger partial charge in [-0.2, -0.15) is 5.10 Å². The number of hydrogen-bond acceptors (Lipinski definition) is 3. The lowest BCUT2D eigenvalue weighted by atomic mass is 10.1. The smallest absolute Gasteiger partial charge is 0.257 e. The number of amides is 1. The maximum atomic E-state index is 12.1. The van der Waals surface area contributed by atoms with Crippen LogP contribution in [0.3, 0.4) is 0 Å². The van der Waals surface area contributed by atoms with Crippen molar-refractivity contribution in [1.82, 2.24) is 14.8 Å². The summed E-state index contributed by atoms with van der Waals surface area (Å²) in [5.74, 6) is 0.276. The molecule has 0 spiro atoms. The molecule has 0 unspecified atom stereocenters. The number of halogens is 1. The van der Waals surface area contributed by atoms with E-state index >= 15 is 0 Å². The third kappa shape index (κ3) is 3.54. The summed E-state index contributed by atoms with van der Waals surface area (Å²) in [6, 6.07) is 5.04. The molecule has 100 valence electrons. The second-order valence-corrected chi connectivity index (χ2v) is 4.64. The number of rotatable bonds is 4. The van der Waals surface area contributed by atoms with Crippen molar-refractivity contribution in [1.29, 1.82) is 0 Å². The SMILES string of the molecule is CCCc1cc(C(=O)Nc2ccn(C)n2)cc(Cl)n1. The number of nitrogens with one attached hydrogen (secondary N) is 1. The highest BCUT2D eigenvalue weighted by Gasteiger charge is 2.10. The third-order valence-electron chi connectivity index (χ3n) is 2.57. The Morgan fingerprint density at radius 3 is 2.89 bits per heavy atom. The van der Waals surface area contributed by atoms with E-state index in [9.17, 15) is 4.79 Å². The van der Waals surface area contributed by atoms with Gasteiger partial charge in [-0.3, -0.25) is 9.48 Å². The van der Waals surface area contributed by atoms with E-state index in [1.807, 2.05) is 0 Å². The standard InChI is InChI=1S/C13H15ClN4O/c1-3-4-10-7-9(8-11(14)15-10)13(19)16-12-5-6-18(2)17-12/h5-8H,3-4H2,1-2H3,(H,16,17,19). The molecule has 0 radical (unpaired) electrons. The summed E-state index contributed by atoms with van der Waals surface area (Å²) >= 11 is 5.93. The maximum absolute atomic E-state index is 12.1. The van der Waals surface area contributed by atoms with Gasteiger partial charge in [-0.1, -0.05) is 24.9 Å². The van der Waals surface area contributed by atoms with Gasteiger partial charge >= 0.3 is 0 Å². The zero-order chi connectivity index (χ0) is 13.8. The highest BCUT2D eigenvalue weighted by molar-refractivity contribution is 6.29. The molecule has 0 aromatic carbocycles. The normalized spacial score (nSPS) is 10.5. The molecule has 2 aromatic rings. The Hall–Kier alpha value is -1.88. The van der Waals surface area contributed by atoms with Crippen LogP contribution in [0.4, 0.5) is 5.82 Å². The van der Waals surface area contributed by atoms with E-state index in [0.717, 1.165) is 18.5 Å². The molecule has 0 saturated heterocycles. The van der Waals surface area contributed by atoms with Gasteiger partial charge in [-0.05, 0) is 18.6 Å². The first-order valence-electron chi connectivity index (χ1n) is 6.06. The zero-order valence-electron chi connectivity index (χ0n) is 10.9. The number of anilines is 1. The molecule has 6 heteroatoms. The van der Waals surface area contributed by atoms with E-state index in [1.54, 1.807) is 36.1 Å². The molecule has 0 aliphatic heterocycles. The first-order chi connectivity index (χ1) is 9.08. The van der Waals surface area contributed by atoms with Crippen molar-refractivity contribution >= 4 is 23.3 Å². The Kier molecular flexibility index (Phi) is 4.16. The van der Waals surface area contributed by atoms with Crippen molar-refractivity contribution in [3.63, 3.8) is 0 Å². The van der Waals surface area contributed by atoms with Gasteiger partial charge in [0.2, 0.25) is 0 Å². The topological polar surface area (TPSA) is 59.8 Å². The monoisotopic (exact) mass is 278 g/mol. The van der Waals surface area contributed by atoms with E-state index in [4.69, 9.17) is 11.6 Å². The summed E-state index contributed by atoms with van der Waals surface area (Å²) in [6.07, 6.45) is 3.51. The molecule has 0 atom stereocenters. The summed E-state index contributed by atoms with van der Waals surface area (Å²) in [5, 5.41) is 7.14. The van der Waals surface area contributed by atoms with Crippen molar-refractivity contribution in [3.8, 4) is 0 Å². The van der Waals surface area contributed by atoms with Crippen LogP contribution < -0.4 is 5.32 Å². The Balaban J connectivity index is 2.18. The van der Waals surface area contributed by atoms with Crippen LogP contribution in [0.15, 0.2) is 24.4 Å². The maximum Gasteiger partial charge on any atom is 0.257 e. The van der Waals surface area contributed by atoms with Crippen LogP contribution >= 0.6 is 11.6 Å². The van der Waals surface area contributed by atoms with E-state index in [2.05, 4.69) is 22.3 Å². The Morgan fingerprint density at radius 2 is 2.26 bits per heavy atom. The summed E-state index contributed by atoms with van der Waals surface area (Å²) in [7, 11) is 1.79. The molecule has 0 saturated carbocycles. The van der Waals surface area contributed by atoms with E-state index in [1.165, 1.54) is 0 Å². The number of aryl methyl sites for hydroxylation is 2. The number of hydrogen-bond donors (Lipinski definition) is 1. The van der Waals surface area contributed by atoms with Crippen LogP contribution in [0.1, 0.15) is 29.4 Å². The number of carbonyl (C=O) groups is 1. The molecule has 0 fully saturated rings. The Morgan fingerprint density at radius 1 is 1.47 bits per heavy atom. The Bertz CT molecular complexity index is 594. The number of aromatic nitrogens is 3. The van der Waals surface area contributed by atoms with Crippen molar-refractivity contribution in [2.24, 2.45) is 7.05 Å². The minimum atomic E-state index is -0.236. The first-order valence-corrected chi connectivity index (χ1v) is 6.43. The average Bonchev–Trinajstić information content (AvgIpc) is 2.74. The first kappa shape index (κ1) is 13.5. The second kappa shape index (κ2) is 5.84. The zero-order valence-corrected chi connectivity index (χ0v) is 11.6. The molecule has 0 aliphatic rings. The molecule has 19 heavy (non-hydrogen) atoms. The van der Waals surface area contributed by atoms with Crippen molar-refractivity contribution < 1.29 is 4.79 Å². The lowest BCUT2D eigenvalue weighted by molar-refractivity contribution is 0.102. The van der Waals surface area contributed by atoms with Crippen molar-refractivity contribution in [3.05, 3.63) is 40.8 Å². The summed E-state index contributed by atoms with van der Waals surface area (Å²) in [4.78, 5) is 16.3. The minimum Gasteiger partial charge on any atom is -0.305 e. The molecule has 0 bridgehead atoms.